The SMILES string of the molecule is CC(=O)O[C@@H]1C=C(C)C(=O)C1. The summed E-state index contributed by atoms with van der Waals surface area (Å²) >= 11 is 0. The van der Waals surface area contributed by atoms with Gasteiger partial charge in [-0.05, 0) is 18.6 Å². The molecule has 3 nitrogen and oxygen atoms in total. The lowest BCUT2D eigenvalue weighted by molar-refractivity contribution is -0.144. The van der Waals surface area contributed by atoms with E-state index in [9.17, 15) is 9.59 Å². The molecule has 0 radical (unpaired) electrons. The zero-order valence-corrected chi connectivity index (χ0v) is 6.59. The molecule has 0 aromatic heterocycles. The fraction of sp³-hybridized carbons (Fsp3) is 0.500. The van der Waals surface area contributed by atoms with Gasteiger partial charge in [0, 0.05) is 6.92 Å². The second-order valence-electron chi connectivity index (χ2n) is 2.62. The van der Waals surface area contributed by atoms with Crippen LogP contribution < -0.4 is 0 Å². The van der Waals surface area contributed by atoms with Gasteiger partial charge in [0.25, 0.3) is 0 Å². The van der Waals surface area contributed by atoms with Crippen molar-refractivity contribution in [2.45, 2.75) is 26.4 Å². The number of Topliss-reactive ketones (excluding diaryl/α,β-unsaturated/α-hetero) is 1. The highest BCUT2D eigenvalue weighted by Gasteiger charge is 2.22. The van der Waals surface area contributed by atoms with E-state index < -0.39 is 0 Å². The number of rotatable bonds is 1. The Morgan fingerprint density at radius 1 is 1.73 bits per heavy atom. The molecule has 11 heavy (non-hydrogen) atoms. The second-order valence-corrected chi connectivity index (χ2v) is 2.62. The van der Waals surface area contributed by atoms with Crippen molar-refractivity contribution in [1.29, 1.82) is 0 Å². The summed E-state index contributed by atoms with van der Waals surface area (Å²) in [5.41, 5.74) is 0.691. The van der Waals surface area contributed by atoms with E-state index in [4.69, 9.17) is 4.74 Å². The Morgan fingerprint density at radius 3 is 2.73 bits per heavy atom. The topological polar surface area (TPSA) is 43.4 Å². The van der Waals surface area contributed by atoms with E-state index in [0.29, 0.717) is 12.0 Å². The maximum absolute atomic E-state index is 10.9. The summed E-state index contributed by atoms with van der Waals surface area (Å²) < 4.78 is 4.82. The van der Waals surface area contributed by atoms with Crippen LogP contribution in [-0.4, -0.2) is 17.9 Å². The number of carbonyl (C=O) groups excluding carboxylic acids is 2. The summed E-state index contributed by atoms with van der Waals surface area (Å²) in [5, 5.41) is 0. The molecule has 0 N–H and O–H groups in total. The van der Waals surface area contributed by atoms with Gasteiger partial charge < -0.3 is 4.74 Å². The van der Waals surface area contributed by atoms with Crippen molar-refractivity contribution < 1.29 is 14.3 Å². The Morgan fingerprint density at radius 2 is 2.36 bits per heavy atom. The second kappa shape index (κ2) is 2.86. The molecule has 0 aromatic carbocycles. The molecular weight excluding hydrogens is 144 g/mol. The third-order valence-corrected chi connectivity index (χ3v) is 1.58. The number of carbonyl (C=O) groups is 2. The van der Waals surface area contributed by atoms with E-state index in [1.165, 1.54) is 6.92 Å². The normalized spacial score (nSPS) is 23.3. The number of hydrogen-bond donors (Lipinski definition) is 0. The van der Waals surface area contributed by atoms with Crippen molar-refractivity contribution in [2.24, 2.45) is 0 Å². The molecule has 0 bridgehead atoms. The minimum Gasteiger partial charge on any atom is -0.458 e. The lowest BCUT2D eigenvalue weighted by Gasteiger charge is -2.05. The van der Waals surface area contributed by atoms with Gasteiger partial charge in [-0.1, -0.05) is 0 Å². The molecule has 3 heteroatoms. The van der Waals surface area contributed by atoms with E-state index in [2.05, 4.69) is 0 Å². The van der Waals surface area contributed by atoms with Gasteiger partial charge in [0.2, 0.25) is 0 Å². The monoisotopic (exact) mass is 154 g/mol. The molecule has 0 saturated carbocycles. The summed E-state index contributed by atoms with van der Waals surface area (Å²) in [7, 11) is 0. The van der Waals surface area contributed by atoms with Gasteiger partial charge in [0.05, 0.1) is 6.42 Å². The first kappa shape index (κ1) is 7.98. The van der Waals surface area contributed by atoms with Crippen molar-refractivity contribution in [3.8, 4) is 0 Å². The van der Waals surface area contributed by atoms with Crippen molar-refractivity contribution in [2.75, 3.05) is 0 Å². The largest absolute Gasteiger partial charge is 0.458 e. The van der Waals surface area contributed by atoms with Gasteiger partial charge >= 0.3 is 5.97 Å². The maximum atomic E-state index is 10.9. The molecule has 0 saturated heterocycles. The van der Waals surface area contributed by atoms with E-state index in [0.717, 1.165) is 0 Å². The minimum atomic E-state index is -0.339. The molecule has 0 aromatic rings. The Labute approximate surface area is 65.0 Å². The highest BCUT2D eigenvalue weighted by atomic mass is 16.5. The first-order chi connectivity index (χ1) is 5.09. The highest BCUT2D eigenvalue weighted by Crippen LogP contribution is 2.16. The van der Waals surface area contributed by atoms with Gasteiger partial charge in [0.1, 0.15) is 6.10 Å². The fourth-order valence-electron chi connectivity index (χ4n) is 1.06. The molecule has 0 amide bonds. The van der Waals surface area contributed by atoms with Crippen LogP contribution in [0.15, 0.2) is 11.6 Å². The smallest absolute Gasteiger partial charge is 0.303 e. The third kappa shape index (κ3) is 1.90. The summed E-state index contributed by atoms with van der Waals surface area (Å²) in [6, 6.07) is 0. The van der Waals surface area contributed by atoms with Crippen LogP contribution in [-0.2, 0) is 14.3 Å². The van der Waals surface area contributed by atoms with Crippen LogP contribution in [0.25, 0.3) is 0 Å². The lowest BCUT2D eigenvalue weighted by Crippen LogP contribution is -2.12. The molecule has 1 atom stereocenters. The lowest BCUT2D eigenvalue weighted by atomic mass is 10.2. The molecule has 0 aliphatic heterocycles. The highest BCUT2D eigenvalue weighted by molar-refractivity contribution is 5.98. The predicted octanol–water partition coefficient (Wildman–Crippen LogP) is 0.837. The predicted molar refractivity (Wildman–Crippen MR) is 38.9 cm³/mol. The van der Waals surface area contributed by atoms with Crippen LogP contribution in [0.3, 0.4) is 0 Å². The summed E-state index contributed by atoms with van der Waals surface area (Å²) in [6.45, 7) is 3.07. The molecule has 0 unspecified atom stereocenters. The van der Waals surface area contributed by atoms with Gasteiger partial charge in [-0.3, -0.25) is 9.59 Å². The summed E-state index contributed by atoms with van der Waals surface area (Å²) in [4.78, 5) is 21.4. The Bertz CT molecular complexity index is 227. The third-order valence-electron chi connectivity index (χ3n) is 1.58. The van der Waals surface area contributed by atoms with Crippen LogP contribution in [0, 0.1) is 0 Å². The molecule has 60 valence electrons. The zero-order chi connectivity index (χ0) is 8.43. The quantitative estimate of drug-likeness (QED) is 0.525. The average molecular weight is 154 g/mol. The van der Waals surface area contributed by atoms with Crippen molar-refractivity contribution in [3.05, 3.63) is 11.6 Å². The molecule has 0 heterocycles. The van der Waals surface area contributed by atoms with Crippen LogP contribution in [0.5, 0.6) is 0 Å². The molecule has 0 fully saturated rings. The van der Waals surface area contributed by atoms with Gasteiger partial charge in [-0.2, -0.15) is 0 Å². The van der Waals surface area contributed by atoms with E-state index in [1.54, 1.807) is 13.0 Å². The number of allylic oxidation sites excluding steroid dienone is 1. The van der Waals surface area contributed by atoms with Gasteiger partial charge in [-0.25, -0.2) is 0 Å². The number of hydrogen-bond acceptors (Lipinski definition) is 3. The van der Waals surface area contributed by atoms with Crippen molar-refractivity contribution in [3.63, 3.8) is 0 Å². The number of ketones is 1. The van der Waals surface area contributed by atoms with Crippen LogP contribution in [0.4, 0.5) is 0 Å². The van der Waals surface area contributed by atoms with E-state index >= 15 is 0 Å². The van der Waals surface area contributed by atoms with Crippen molar-refractivity contribution >= 4 is 11.8 Å². The summed E-state index contributed by atoms with van der Waals surface area (Å²) in [5.74, 6) is -0.273. The van der Waals surface area contributed by atoms with Crippen LogP contribution in [0.2, 0.25) is 0 Å². The number of esters is 1. The van der Waals surface area contributed by atoms with Crippen molar-refractivity contribution in [1.82, 2.24) is 0 Å². The van der Waals surface area contributed by atoms with E-state index in [-0.39, 0.29) is 17.9 Å². The Balaban J connectivity index is 2.54. The van der Waals surface area contributed by atoms with Gasteiger partial charge in [0.15, 0.2) is 5.78 Å². The summed E-state index contributed by atoms with van der Waals surface area (Å²) in [6.07, 6.45) is 1.68. The first-order valence-electron chi connectivity index (χ1n) is 3.48. The van der Waals surface area contributed by atoms with E-state index in [1.807, 2.05) is 0 Å². The maximum Gasteiger partial charge on any atom is 0.303 e. The zero-order valence-electron chi connectivity index (χ0n) is 6.59. The van der Waals surface area contributed by atoms with Crippen LogP contribution >= 0.6 is 0 Å². The molecule has 1 rings (SSSR count). The molecule has 1 aliphatic rings. The Kier molecular flexibility index (Phi) is 2.08. The first-order valence-corrected chi connectivity index (χ1v) is 3.48. The minimum absolute atomic E-state index is 0.0660. The molecule has 1 aliphatic carbocycles. The average Bonchev–Trinajstić information content (AvgIpc) is 2.10. The molecular formula is C8H10O3. The standard InChI is InChI=1S/C8H10O3/c1-5-3-7(4-8(5)10)11-6(2)9/h3,7H,4H2,1-2H3/t7-/m1/s1. The molecule has 0 spiro atoms. The number of ether oxygens (including phenoxy) is 1. The van der Waals surface area contributed by atoms with Crippen LogP contribution in [0.1, 0.15) is 20.3 Å². The fourth-order valence-corrected chi connectivity index (χ4v) is 1.06. The Hall–Kier alpha value is -1.12. The van der Waals surface area contributed by atoms with Gasteiger partial charge in [-0.15, -0.1) is 0 Å².